The van der Waals surface area contributed by atoms with E-state index in [1.165, 1.54) is 23.0 Å². The Morgan fingerprint density at radius 1 is 1.10 bits per heavy atom. The number of hydrogen-bond donors (Lipinski definition) is 1. The number of benzene rings is 1. The molecule has 0 spiro atoms. The highest BCUT2D eigenvalue weighted by atomic mass is 127. The molecule has 0 bridgehead atoms. The minimum Gasteiger partial charge on any atom is -0.356 e. The molecule has 5 nitrogen and oxygen atoms in total. The molecule has 9 heteroatoms. The topological polar surface area (TPSA) is 34.1 Å². The second-order valence-electron chi connectivity index (χ2n) is 7.86. The fraction of sp³-hybridized carbons (Fsp3) is 0.667. The van der Waals surface area contributed by atoms with Gasteiger partial charge in [-0.1, -0.05) is 24.3 Å². The Labute approximate surface area is 194 Å². The van der Waals surface area contributed by atoms with Crippen LogP contribution in [0, 0.1) is 0 Å². The molecule has 1 aromatic rings. The number of nitrogens with one attached hydrogen (secondary N) is 1. The Hall–Kier alpha value is -1.07. The lowest BCUT2D eigenvalue weighted by Crippen LogP contribution is -2.56. The first-order chi connectivity index (χ1) is 13.9. The molecule has 2 heterocycles. The SMILES string of the molecule is CN=C(NCCCN1CCc2ccccc2C1)N1CCN(C(C)C(F)(F)F)CC1.I. The maximum absolute atomic E-state index is 12.9. The molecular formula is C21H33F3IN5. The lowest BCUT2D eigenvalue weighted by atomic mass is 10.00. The Morgan fingerprint density at radius 3 is 2.40 bits per heavy atom. The minimum atomic E-state index is -4.17. The van der Waals surface area contributed by atoms with Crippen molar-refractivity contribution in [2.24, 2.45) is 4.99 Å². The molecule has 0 aromatic heterocycles. The van der Waals surface area contributed by atoms with Gasteiger partial charge < -0.3 is 10.2 Å². The molecule has 0 radical (unpaired) electrons. The first-order valence-corrected chi connectivity index (χ1v) is 10.4. The quantitative estimate of drug-likeness (QED) is 0.270. The highest BCUT2D eigenvalue weighted by molar-refractivity contribution is 14.0. The van der Waals surface area contributed by atoms with Gasteiger partial charge in [0.25, 0.3) is 0 Å². The van der Waals surface area contributed by atoms with Gasteiger partial charge in [0.1, 0.15) is 6.04 Å². The van der Waals surface area contributed by atoms with Gasteiger partial charge in [-0.2, -0.15) is 13.2 Å². The molecule has 0 saturated carbocycles. The van der Waals surface area contributed by atoms with Crippen LogP contribution < -0.4 is 5.32 Å². The van der Waals surface area contributed by atoms with E-state index in [-0.39, 0.29) is 24.0 Å². The molecule has 1 aromatic carbocycles. The molecule has 1 saturated heterocycles. The molecule has 1 unspecified atom stereocenters. The van der Waals surface area contributed by atoms with Crippen molar-refractivity contribution < 1.29 is 13.2 Å². The van der Waals surface area contributed by atoms with Crippen molar-refractivity contribution in [2.75, 3.05) is 52.9 Å². The number of piperazine rings is 1. The minimum absolute atomic E-state index is 0. The van der Waals surface area contributed by atoms with Crippen molar-refractivity contribution >= 4 is 29.9 Å². The normalized spacial score (nSPS) is 19.8. The molecule has 0 aliphatic carbocycles. The average molecular weight is 539 g/mol. The average Bonchev–Trinajstić information content (AvgIpc) is 2.73. The largest absolute Gasteiger partial charge is 0.403 e. The summed E-state index contributed by atoms with van der Waals surface area (Å²) in [6.07, 6.45) is -2.06. The standard InChI is InChI=1S/C21H32F3N5.HI/c1-17(21(22,23)24)28-12-14-29(15-13-28)20(25-2)26-9-5-10-27-11-8-18-6-3-4-7-19(18)16-27;/h3-4,6-7,17H,5,8-16H2,1-2H3,(H,25,26);1H. The van der Waals surface area contributed by atoms with E-state index in [2.05, 4.69) is 44.4 Å². The monoisotopic (exact) mass is 539 g/mol. The molecule has 3 rings (SSSR count). The Bertz CT molecular complexity index is 689. The van der Waals surface area contributed by atoms with Gasteiger partial charge >= 0.3 is 6.18 Å². The summed E-state index contributed by atoms with van der Waals surface area (Å²) in [5, 5.41) is 3.38. The Morgan fingerprint density at radius 2 is 1.77 bits per heavy atom. The second kappa shape index (κ2) is 11.5. The Balaban J connectivity index is 0.00000320. The molecule has 0 amide bonds. The molecule has 30 heavy (non-hydrogen) atoms. The summed E-state index contributed by atoms with van der Waals surface area (Å²) in [7, 11) is 1.73. The Kier molecular flexibility index (Phi) is 9.67. The zero-order valence-corrected chi connectivity index (χ0v) is 20.1. The van der Waals surface area contributed by atoms with Crippen molar-refractivity contribution in [1.29, 1.82) is 0 Å². The van der Waals surface area contributed by atoms with Gasteiger partial charge in [-0.05, 0) is 30.9 Å². The van der Waals surface area contributed by atoms with Crippen LogP contribution in [0.25, 0.3) is 0 Å². The van der Waals surface area contributed by atoms with Crippen molar-refractivity contribution in [2.45, 2.75) is 38.5 Å². The second-order valence-corrected chi connectivity index (χ2v) is 7.86. The van der Waals surface area contributed by atoms with Crippen LogP contribution in [0.5, 0.6) is 0 Å². The fourth-order valence-electron chi connectivity index (χ4n) is 4.11. The van der Waals surface area contributed by atoms with Crippen LogP contribution in [-0.2, 0) is 13.0 Å². The maximum atomic E-state index is 12.9. The molecule has 1 fully saturated rings. The van der Waals surface area contributed by atoms with E-state index >= 15 is 0 Å². The third kappa shape index (κ3) is 6.71. The van der Waals surface area contributed by atoms with Crippen molar-refractivity contribution in [1.82, 2.24) is 20.0 Å². The number of rotatable bonds is 5. The number of hydrogen-bond acceptors (Lipinski definition) is 3. The third-order valence-corrected chi connectivity index (χ3v) is 5.99. The summed E-state index contributed by atoms with van der Waals surface area (Å²) in [5.41, 5.74) is 2.88. The molecule has 170 valence electrons. The van der Waals surface area contributed by atoms with Crippen LogP contribution in [0.1, 0.15) is 24.5 Å². The number of nitrogens with zero attached hydrogens (tertiary/aromatic N) is 4. The molecule has 1 N–H and O–H groups in total. The molecular weight excluding hydrogens is 506 g/mol. The van der Waals surface area contributed by atoms with Gasteiger partial charge in [0.2, 0.25) is 0 Å². The summed E-state index contributed by atoms with van der Waals surface area (Å²) < 4.78 is 38.7. The van der Waals surface area contributed by atoms with Crippen LogP contribution >= 0.6 is 24.0 Å². The maximum Gasteiger partial charge on any atom is 0.403 e. The fourth-order valence-corrected chi connectivity index (χ4v) is 4.11. The highest BCUT2D eigenvalue weighted by Gasteiger charge is 2.41. The number of fused-ring (bicyclic) bond motifs is 1. The number of aliphatic imine (C=N–C) groups is 1. The van der Waals surface area contributed by atoms with Gasteiger partial charge in [0.05, 0.1) is 0 Å². The smallest absolute Gasteiger partial charge is 0.356 e. The van der Waals surface area contributed by atoms with Crippen LogP contribution in [0.2, 0.25) is 0 Å². The van der Waals surface area contributed by atoms with Crippen molar-refractivity contribution in [3.63, 3.8) is 0 Å². The van der Waals surface area contributed by atoms with E-state index in [4.69, 9.17) is 0 Å². The number of alkyl halides is 3. The zero-order chi connectivity index (χ0) is 20.9. The summed E-state index contributed by atoms with van der Waals surface area (Å²) in [6.45, 7) is 7.07. The van der Waals surface area contributed by atoms with Gasteiger partial charge in [-0.3, -0.25) is 14.8 Å². The summed E-state index contributed by atoms with van der Waals surface area (Å²) in [6, 6.07) is 7.24. The lowest BCUT2D eigenvalue weighted by Gasteiger charge is -2.39. The van der Waals surface area contributed by atoms with Crippen LogP contribution in [0.15, 0.2) is 29.3 Å². The summed E-state index contributed by atoms with van der Waals surface area (Å²) in [4.78, 5) is 10.3. The molecule has 1 atom stereocenters. The van der Waals surface area contributed by atoms with Gasteiger partial charge in [-0.15, -0.1) is 24.0 Å². The van der Waals surface area contributed by atoms with E-state index < -0.39 is 12.2 Å². The van der Waals surface area contributed by atoms with Crippen molar-refractivity contribution in [3.8, 4) is 0 Å². The van der Waals surface area contributed by atoms with Crippen LogP contribution in [-0.4, -0.2) is 85.7 Å². The van der Waals surface area contributed by atoms with E-state index in [0.29, 0.717) is 26.2 Å². The van der Waals surface area contributed by atoms with Crippen LogP contribution in [0.4, 0.5) is 13.2 Å². The van der Waals surface area contributed by atoms with E-state index in [0.717, 1.165) is 45.0 Å². The van der Waals surface area contributed by atoms with Gasteiger partial charge in [-0.25, -0.2) is 0 Å². The van der Waals surface area contributed by atoms with Gasteiger partial charge in [0, 0.05) is 59.4 Å². The van der Waals surface area contributed by atoms with E-state index in [1.54, 1.807) is 7.05 Å². The van der Waals surface area contributed by atoms with Crippen molar-refractivity contribution in [3.05, 3.63) is 35.4 Å². The highest BCUT2D eigenvalue weighted by Crippen LogP contribution is 2.25. The first-order valence-electron chi connectivity index (χ1n) is 10.4. The lowest BCUT2D eigenvalue weighted by molar-refractivity contribution is -0.181. The van der Waals surface area contributed by atoms with E-state index in [9.17, 15) is 13.2 Å². The first kappa shape index (κ1) is 25.2. The number of guanidine groups is 1. The number of halogens is 4. The third-order valence-electron chi connectivity index (χ3n) is 5.99. The molecule has 2 aliphatic heterocycles. The van der Waals surface area contributed by atoms with E-state index in [1.807, 2.05) is 0 Å². The van der Waals surface area contributed by atoms with Crippen LogP contribution in [0.3, 0.4) is 0 Å². The predicted molar refractivity (Wildman–Crippen MR) is 125 cm³/mol. The van der Waals surface area contributed by atoms with Gasteiger partial charge in [0.15, 0.2) is 5.96 Å². The predicted octanol–water partition coefficient (Wildman–Crippen LogP) is 3.20. The summed E-state index contributed by atoms with van der Waals surface area (Å²) in [5.74, 6) is 0.785. The molecule has 2 aliphatic rings. The zero-order valence-electron chi connectivity index (χ0n) is 17.8. The summed E-state index contributed by atoms with van der Waals surface area (Å²) >= 11 is 0.